The van der Waals surface area contributed by atoms with E-state index in [1.165, 1.54) is 0 Å². The number of imidazole rings is 1. The molecule has 3 nitrogen and oxygen atoms in total. The van der Waals surface area contributed by atoms with Crippen molar-refractivity contribution in [2.75, 3.05) is 0 Å². The summed E-state index contributed by atoms with van der Waals surface area (Å²) in [5.74, 6) is -0.476. The highest BCUT2D eigenvalue weighted by Gasteiger charge is 2.45. The molecule has 4 aromatic rings. The van der Waals surface area contributed by atoms with Crippen LogP contribution in [0.1, 0.15) is 28.3 Å². The average Bonchev–Trinajstić information content (AvgIpc) is 3.28. The molecule has 132 valence electrons. The number of nitrogens with one attached hydrogen (secondary N) is 1. The minimum Gasteiger partial charge on any atom is -0.351 e. The number of carbonyl (C=O) groups excluding carboxylic acids is 1. The summed E-state index contributed by atoms with van der Waals surface area (Å²) in [7, 11) is 0. The maximum absolute atomic E-state index is 12.5. The molecule has 0 amide bonds. The highest BCUT2D eigenvalue weighted by molar-refractivity contribution is 5.71. The van der Waals surface area contributed by atoms with Gasteiger partial charge < -0.3 is 9.78 Å². The van der Waals surface area contributed by atoms with Crippen LogP contribution >= 0.6 is 0 Å². The van der Waals surface area contributed by atoms with Gasteiger partial charge in [-0.2, -0.15) is 0 Å². The van der Waals surface area contributed by atoms with E-state index in [9.17, 15) is 4.79 Å². The van der Waals surface area contributed by atoms with Crippen molar-refractivity contribution in [3.63, 3.8) is 0 Å². The number of carbonyl (C=O) groups is 1. The Kier molecular flexibility index (Phi) is 4.67. The molecule has 1 aromatic heterocycles. The minimum atomic E-state index is -0.680. The molecule has 0 spiro atoms. The van der Waals surface area contributed by atoms with Gasteiger partial charge in [0.2, 0.25) is 0 Å². The average molecular weight is 352 g/mol. The van der Waals surface area contributed by atoms with Crippen LogP contribution in [0, 0.1) is 0 Å². The Morgan fingerprint density at radius 3 is 1.52 bits per heavy atom. The molecular weight excluding hydrogens is 332 g/mol. The summed E-state index contributed by atoms with van der Waals surface area (Å²) in [6.45, 7) is 0. The van der Waals surface area contributed by atoms with Crippen LogP contribution in [-0.2, 0) is 10.2 Å². The van der Waals surface area contributed by atoms with Gasteiger partial charge in [0, 0.05) is 6.20 Å². The van der Waals surface area contributed by atoms with Gasteiger partial charge in [-0.05, 0) is 16.7 Å². The Morgan fingerprint density at radius 1 is 0.741 bits per heavy atom. The normalized spacial score (nSPS) is 12.4. The van der Waals surface area contributed by atoms with E-state index >= 15 is 0 Å². The lowest BCUT2D eigenvalue weighted by molar-refractivity contribution is -0.110. The van der Waals surface area contributed by atoms with Crippen molar-refractivity contribution in [2.24, 2.45) is 0 Å². The molecular formula is C24H20N2O. The van der Waals surface area contributed by atoms with Gasteiger partial charge >= 0.3 is 0 Å². The Hall–Kier alpha value is -3.46. The molecule has 0 saturated carbocycles. The van der Waals surface area contributed by atoms with Crippen LogP contribution in [0.5, 0.6) is 0 Å². The van der Waals surface area contributed by atoms with E-state index in [1.807, 2.05) is 60.8 Å². The van der Waals surface area contributed by atoms with E-state index in [0.29, 0.717) is 0 Å². The lowest BCUT2D eigenvalue weighted by Crippen LogP contribution is -2.37. The molecule has 0 fully saturated rings. The fourth-order valence-electron chi connectivity index (χ4n) is 3.98. The van der Waals surface area contributed by atoms with E-state index in [-0.39, 0.29) is 0 Å². The topological polar surface area (TPSA) is 45.8 Å². The van der Waals surface area contributed by atoms with Crippen molar-refractivity contribution in [1.29, 1.82) is 0 Å². The molecule has 0 aliphatic rings. The van der Waals surface area contributed by atoms with Crippen LogP contribution in [-0.4, -0.2) is 16.3 Å². The van der Waals surface area contributed by atoms with Crippen molar-refractivity contribution in [3.8, 4) is 0 Å². The summed E-state index contributed by atoms with van der Waals surface area (Å²) >= 11 is 0. The van der Waals surface area contributed by atoms with E-state index in [0.717, 1.165) is 28.7 Å². The van der Waals surface area contributed by atoms with Crippen molar-refractivity contribution >= 4 is 6.29 Å². The Morgan fingerprint density at radius 2 is 1.19 bits per heavy atom. The van der Waals surface area contributed by atoms with E-state index < -0.39 is 11.3 Å². The second-order valence-electron chi connectivity index (χ2n) is 6.51. The molecule has 0 saturated heterocycles. The molecule has 27 heavy (non-hydrogen) atoms. The number of hydrogen-bond donors (Lipinski definition) is 1. The largest absolute Gasteiger partial charge is 0.351 e. The SMILES string of the molecule is O=CC(c1c[nH]cn1)C(c1ccccc1)(c1ccccc1)c1ccccc1. The molecule has 1 unspecified atom stereocenters. The van der Waals surface area contributed by atoms with Crippen LogP contribution in [0.4, 0.5) is 0 Å². The standard InChI is InChI=1S/C24H20N2O/c27-17-22(23-16-25-18-26-23)24(19-10-4-1-5-11-19,20-12-6-2-7-13-20)21-14-8-3-9-15-21/h1-18,22H,(H,25,26). The van der Waals surface area contributed by atoms with Gasteiger partial charge in [-0.15, -0.1) is 0 Å². The van der Waals surface area contributed by atoms with Crippen LogP contribution in [0.15, 0.2) is 104 Å². The van der Waals surface area contributed by atoms with Gasteiger partial charge in [0.15, 0.2) is 0 Å². The zero-order valence-corrected chi connectivity index (χ0v) is 14.8. The van der Waals surface area contributed by atoms with Gasteiger partial charge in [0.05, 0.1) is 23.4 Å². The minimum absolute atomic E-state index is 0.476. The third-order valence-corrected chi connectivity index (χ3v) is 5.13. The van der Waals surface area contributed by atoms with Crippen LogP contribution < -0.4 is 0 Å². The maximum Gasteiger partial charge on any atom is 0.130 e. The van der Waals surface area contributed by atoms with E-state index in [1.54, 1.807) is 6.33 Å². The van der Waals surface area contributed by atoms with Gasteiger partial charge in [-0.1, -0.05) is 91.0 Å². The molecule has 0 aliphatic carbocycles. The number of aromatic amines is 1. The molecule has 3 heteroatoms. The van der Waals surface area contributed by atoms with Crippen molar-refractivity contribution in [3.05, 3.63) is 126 Å². The second-order valence-corrected chi connectivity index (χ2v) is 6.51. The van der Waals surface area contributed by atoms with Crippen LogP contribution in [0.25, 0.3) is 0 Å². The molecule has 0 aliphatic heterocycles. The Labute approximate surface area is 158 Å². The summed E-state index contributed by atoms with van der Waals surface area (Å²) in [6.07, 6.45) is 4.45. The number of aromatic nitrogens is 2. The van der Waals surface area contributed by atoms with Crippen molar-refractivity contribution in [1.82, 2.24) is 9.97 Å². The van der Waals surface area contributed by atoms with Crippen molar-refractivity contribution < 1.29 is 4.79 Å². The smallest absolute Gasteiger partial charge is 0.130 e. The maximum atomic E-state index is 12.5. The lowest BCUT2D eigenvalue weighted by atomic mass is 9.61. The predicted octanol–water partition coefficient (Wildman–Crippen LogP) is 4.73. The lowest BCUT2D eigenvalue weighted by Gasteiger charge is -2.39. The number of rotatable bonds is 6. The fraction of sp³-hybridized carbons (Fsp3) is 0.0833. The molecule has 1 heterocycles. The molecule has 1 N–H and O–H groups in total. The molecule has 4 rings (SSSR count). The first kappa shape index (κ1) is 17.0. The van der Waals surface area contributed by atoms with Gasteiger partial charge in [-0.3, -0.25) is 0 Å². The first-order valence-corrected chi connectivity index (χ1v) is 8.98. The van der Waals surface area contributed by atoms with Crippen molar-refractivity contribution in [2.45, 2.75) is 11.3 Å². The molecule has 3 aromatic carbocycles. The predicted molar refractivity (Wildman–Crippen MR) is 107 cm³/mol. The summed E-state index contributed by atoms with van der Waals surface area (Å²) in [6, 6.07) is 30.6. The number of benzene rings is 3. The zero-order valence-electron chi connectivity index (χ0n) is 14.8. The monoisotopic (exact) mass is 352 g/mol. The summed E-state index contributed by atoms with van der Waals surface area (Å²) < 4.78 is 0. The first-order valence-electron chi connectivity index (χ1n) is 8.98. The van der Waals surface area contributed by atoms with E-state index in [2.05, 4.69) is 46.4 Å². The summed E-state index contributed by atoms with van der Waals surface area (Å²) in [5.41, 5.74) is 3.22. The molecule has 0 bridgehead atoms. The highest BCUT2D eigenvalue weighted by Crippen LogP contribution is 2.48. The Bertz CT molecular complexity index is 884. The van der Waals surface area contributed by atoms with Crippen LogP contribution in [0.2, 0.25) is 0 Å². The second kappa shape index (κ2) is 7.42. The highest BCUT2D eigenvalue weighted by atomic mass is 16.1. The quantitative estimate of drug-likeness (QED) is 0.403. The third-order valence-electron chi connectivity index (χ3n) is 5.13. The summed E-state index contributed by atoms with van der Waals surface area (Å²) in [4.78, 5) is 20.0. The van der Waals surface area contributed by atoms with Gasteiger partial charge in [0.1, 0.15) is 6.29 Å². The van der Waals surface area contributed by atoms with Crippen LogP contribution in [0.3, 0.4) is 0 Å². The van der Waals surface area contributed by atoms with E-state index in [4.69, 9.17) is 0 Å². The van der Waals surface area contributed by atoms with Gasteiger partial charge in [-0.25, -0.2) is 4.98 Å². The first-order chi connectivity index (χ1) is 13.4. The Balaban J connectivity index is 2.11. The fourth-order valence-corrected chi connectivity index (χ4v) is 3.98. The van der Waals surface area contributed by atoms with Gasteiger partial charge in [0.25, 0.3) is 0 Å². The number of aldehydes is 1. The number of hydrogen-bond acceptors (Lipinski definition) is 2. The zero-order chi connectivity index (χ0) is 18.5. The number of nitrogens with zero attached hydrogens (tertiary/aromatic N) is 1. The number of H-pyrrole nitrogens is 1. The third kappa shape index (κ3) is 2.87. The summed E-state index contributed by atoms with van der Waals surface area (Å²) in [5, 5.41) is 0. The molecule has 1 atom stereocenters. The molecule has 0 radical (unpaired) electrons.